The first-order valence-corrected chi connectivity index (χ1v) is 13.5. The van der Waals surface area contributed by atoms with Crippen LogP contribution in [0, 0.1) is 0 Å². The van der Waals surface area contributed by atoms with Crippen molar-refractivity contribution in [2.24, 2.45) is 0 Å². The number of carbonyl (C=O) groups is 1. The zero-order valence-corrected chi connectivity index (χ0v) is 23.6. The molecule has 38 heavy (non-hydrogen) atoms. The number of halogens is 1. The monoisotopic (exact) mass is 530 g/mol. The van der Waals surface area contributed by atoms with Crippen LogP contribution >= 0.6 is 11.6 Å². The van der Waals surface area contributed by atoms with E-state index in [0.717, 1.165) is 16.8 Å². The molecule has 1 heterocycles. The van der Waals surface area contributed by atoms with Crippen LogP contribution in [0.1, 0.15) is 76.4 Å². The molecule has 0 aliphatic rings. The SMILES string of the molecule is CCN(C(=O)Nc1c(C(C)C)cccc1C(C)C)C(C)c1nc2ccccc2c(=O)n1-c1cccc(Cl)c1. The van der Waals surface area contributed by atoms with Crippen molar-refractivity contribution in [3.05, 3.63) is 99.1 Å². The lowest BCUT2D eigenvalue weighted by molar-refractivity contribution is 0.193. The number of rotatable bonds is 7. The van der Waals surface area contributed by atoms with E-state index in [1.54, 1.807) is 33.7 Å². The van der Waals surface area contributed by atoms with Crippen LogP contribution in [0.15, 0.2) is 71.5 Å². The Morgan fingerprint density at radius 1 is 0.947 bits per heavy atom. The molecule has 4 rings (SSSR count). The molecule has 1 N–H and O–H groups in total. The van der Waals surface area contributed by atoms with Crippen molar-refractivity contribution in [3.8, 4) is 5.69 Å². The van der Waals surface area contributed by atoms with Crippen LogP contribution in [0.2, 0.25) is 5.02 Å². The maximum absolute atomic E-state index is 13.8. The standard InChI is InChI=1S/C31H35ClN4O2/c1-7-35(31(38)34-28-24(19(2)3)15-11-16-25(28)20(4)5)21(6)29-33-27-17-9-8-14-26(27)30(37)36(29)23-13-10-12-22(32)18-23/h8-21H,7H2,1-6H3,(H,34,38). The van der Waals surface area contributed by atoms with Gasteiger partial charge in [0.15, 0.2) is 0 Å². The highest BCUT2D eigenvalue weighted by atomic mass is 35.5. The Hall–Kier alpha value is -3.64. The van der Waals surface area contributed by atoms with Gasteiger partial charge in [-0.15, -0.1) is 0 Å². The van der Waals surface area contributed by atoms with Gasteiger partial charge in [-0.3, -0.25) is 9.36 Å². The smallest absolute Gasteiger partial charge is 0.315 e. The normalized spacial score (nSPS) is 12.2. The Kier molecular flexibility index (Phi) is 8.22. The number of nitrogens with zero attached hydrogens (tertiary/aromatic N) is 3. The van der Waals surface area contributed by atoms with E-state index in [1.165, 1.54) is 0 Å². The van der Waals surface area contributed by atoms with Crippen LogP contribution in [-0.2, 0) is 0 Å². The molecule has 2 amide bonds. The molecule has 198 valence electrons. The number of benzene rings is 3. The summed E-state index contributed by atoms with van der Waals surface area (Å²) in [7, 11) is 0. The minimum Gasteiger partial charge on any atom is -0.315 e. The average Bonchev–Trinajstić information content (AvgIpc) is 2.88. The van der Waals surface area contributed by atoms with Gasteiger partial charge >= 0.3 is 6.03 Å². The Morgan fingerprint density at radius 2 is 1.58 bits per heavy atom. The first-order chi connectivity index (χ1) is 18.1. The second kappa shape index (κ2) is 11.4. The molecular formula is C31H35ClN4O2. The Bertz CT molecular complexity index is 1500. The Balaban J connectivity index is 1.83. The number of nitrogens with one attached hydrogen (secondary N) is 1. The van der Waals surface area contributed by atoms with Gasteiger partial charge in [0.2, 0.25) is 0 Å². The topological polar surface area (TPSA) is 67.2 Å². The molecule has 0 fully saturated rings. The number of urea groups is 1. The lowest BCUT2D eigenvalue weighted by Crippen LogP contribution is -2.40. The third kappa shape index (κ3) is 5.32. The minimum atomic E-state index is -0.509. The van der Waals surface area contributed by atoms with Crippen molar-refractivity contribution in [1.29, 1.82) is 0 Å². The third-order valence-electron chi connectivity index (χ3n) is 6.92. The van der Waals surface area contributed by atoms with Gasteiger partial charge in [0.1, 0.15) is 5.82 Å². The van der Waals surface area contributed by atoms with Crippen LogP contribution in [0.4, 0.5) is 10.5 Å². The summed E-state index contributed by atoms with van der Waals surface area (Å²) in [6.45, 7) is 12.7. The van der Waals surface area contributed by atoms with E-state index < -0.39 is 6.04 Å². The number of para-hydroxylation sites is 2. The number of hydrogen-bond acceptors (Lipinski definition) is 3. The number of hydrogen-bond donors (Lipinski definition) is 1. The molecule has 1 aromatic heterocycles. The van der Waals surface area contributed by atoms with Crippen LogP contribution in [0.3, 0.4) is 0 Å². The predicted octanol–water partition coefficient (Wildman–Crippen LogP) is 7.90. The highest BCUT2D eigenvalue weighted by molar-refractivity contribution is 6.30. The van der Waals surface area contributed by atoms with E-state index in [-0.39, 0.29) is 23.4 Å². The molecule has 4 aromatic rings. The summed E-state index contributed by atoms with van der Waals surface area (Å²) in [5.74, 6) is 0.951. The summed E-state index contributed by atoms with van der Waals surface area (Å²) in [5.41, 5.74) is 4.02. The largest absolute Gasteiger partial charge is 0.322 e. The number of amides is 2. The van der Waals surface area contributed by atoms with Crippen LogP contribution in [0.5, 0.6) is 0 Å². The van der Waals surface area contributed by atoms with Crippen molar-refractivity contribution in [3.63, 3.8) is 0 Å². The van der Waals surface area contributed by atoms with Crippen LogP contribution < -0.4 is 10.9 Å². The second-order valence-corrected chi connectivity index (χ2v) is 10.6. The van der Waals surface area contributed by atoms with Crippen molar-refractivity contribution in [2.75, 3.05) is 11.9 Å². The van der Waals surface area contributed by atoms with Gasteiger partial charge in [-0.1, -0.05) is 75.7 Å². The number of aromatic nitrogens is 2. The van der Waals surface area contributed by atoms with Crippen molar-refractivity contribution in [1.82, 2.24) is 14.5 Å². The Labute approximate surface area is 229 Å². The van der Waals surface area contributed by atoms with E-state index in [2.05, 4.69) is 45.1 Å². The molecule has 0 saturated heterocycles. The van der Waals surface area contributed by atoms with E-state index in [4.69, 9.17) is 16.6 Å². The van der Waals surface area contributed by atoms with E-state index in [0.29, 0.717) is 34.0 Å². The summed E-state index contributed by atoms with van der Waals surface area (Å²) in [6, 6.07) is 19.8. The fourth-order valence-electron chi connectivity index (χ4n) is 4.90. The van der Waals surface area contributed by atoms with Gasteiger partial charge in [0.25, 0.3) is 5.56 Å². The summed E-state index contributed by atoms with van der Waals surface area (Å²) in [5, 5.41) is 4.23. The lowest BCUT2D eigenvalue weighted by atomic mass is 9.93. The third-order valence-corrected chi connectivity index (χ3v) is 7.15. The fourth-order valence-corrected chi connectivity index (χ4v) is 5.09. The van der Waals surface area contributed by atoms with E-state index in [1.807, 2.05) is 44.2 Å². The number of anilines is 1. The van der Waals surface area contributed by atoms with Gasteiger partial charge in [-0.25, -0.2) is 9.78 Å². The van der Waals surface area contributed by atoms with E-state index in [9.17, 15) is 9.59 Å². The van der Waals surface area contributed by atoms with Crippen LogP contribution in [0.25, 0.3) is 16.6 Å². The molecule has 1 unspecified atom stereocenters. The van der Waals surface area contributed by atoms with Crippen molar-refractivity contribution < 1.29 is 4.79 Å². The zero-order chi connectivity index (χ0) is 27.6. The molecule has 7 heteroatoms. The molecular weight excluding hydrogens is 496 g/mol. The highest BCUT2D eigenvalue weighted by Gasteiger charge is 2.27. The average molecular weight is 531 g/mol. The summed E-state index contributed by atoms with van der Waals surface area (Å²) < 4.78 is 1.57. The lowest BCUT2D eigenvalue weighted by Gasteiger charge is -2.31. The molecule has 0 bridgehead atoms. The molecule has 0 aliphatic carbocycles. The summed E-state index contributed by atoms with van der Waals surface area (Å²) in [4.78, 5) is 34.2. The van der Waals surface area contributed by atoms with Gasteiger partial charge < -0.3 is 10.2 Å². The molecule has 1 atom stereocenters. The maximum atomic E-state index is 13.8. The quantitative estimate of drug-likeness (QED) is 0.264. The minimum absolute atomic E-state index is 0.205. The fraction of sp³-hybridized carbons (Fsp3) is 0.323. The maximum Gasteiger partial charge on any atom is 0.322 e. The first kappa shape index (κ1) is 27.4. The molecule has 0 aliphatic heterocycles. The molecule has 6 nitrogen and oxygen atoms in total. The molecule has 3 aromatic carbocycles. The van der Waals surface area contributed by atoms with Crippen LogP contribution in [-0.4, -0.2) is 27.0 Å². The Morgan fingerprint density at radius 3 is 2.18 bits per heavy atom. The van der Waals surface area contributed by atoms with Gasteiger partial charge in [-0.05, 0) is 67.1 Å². The molecule has 0 spiro atoms. The number of fused-ring (bicyclic) bond motifs is 1. The van der Waals surface area contributed by atoms with Gasteiger partial charge in [-0.2, -0.15) is 0 Å². The van der Waals surface area contributed by atoms with Crippen molar-refractivity contribution >= 4 is 34.2 Å². The van der Waals surface area contributed by atoms with E-state index >= 15 is 0 Å². The molecule has 0 saturated carbocycles. The highest BCUT2D eigenvalue weighted by Crippen LogP contribution is 2.33. The summed E-state index contributed by atoms with van der Waals surface area (Å²) >= 11 is 6.30. The van der Waals surface area contributed by atoms with Gasteiger partial charge in [0, 0.05) is 17.3 Å². The summed E-state index contributed by atoms with van der Waals surface area (Å²) in [6.07, 6.45) is 0. The number of carbonyl (C=O) groups excluding carboxylic acids is 1. The van der Waals surface area contributed by atoms with Gasteiger partial charge in [0.05, 0.1) is 22.6 Å². The second-order valence-electron chi connectivity index (χ2n) is 10.1. The van der Waals surface area contributed by atoms with Crippen molar-refractivity contribution in [2.45, 2.75) is 59.4 Å². The molecule has 0 radical (unpaired) electrons. The zero-order valence-electron chi connectivity index (χ0n) is 22.8. The first-order valence-electron chi connectivity index (χ1n) is 13.1. The predicted molar refractivity (Wildman–Crippen MR) is 157 cm³/mol.